The molecule has 66 valence electrons. The Morgan fingerprint density at radius 3 is 3.00 bits per heavy atom. The number of hydrogen-bond acceptors (Lipinski definition) is 4. The molecule has 2 rings (SSSR count). The van der Waals surface area contributed by atoms with E-state index in [0.717, 1.165) is 6.29 Å². The van der Waals surface area contributed by atoms with E-state index >= 15 is 0 Å². The minimum atomic E-state index is -0.620. The van der Waals surface area contributed by atoms with Crippen molar-refractivity contribution in [2.24, 2.45) is 11.8 Å². The van der Waals surface area contributed by atoms with Crippen LogP contribution in [0.2, 0.25) is 0 Å². The Labute approximate surface area is 69.5 Å². The highest BCUT2D eigenvalue weighted by atomic mass is 16.6. The lowest BCUT2D eigenvalue weighted by Gasteiger charge is -2.10. The second-order valence-corrected chi connectivity index (χ2v) is 3.41. The van der Waals surface area contributed by atoms with Gasteiger partial charge in [-0.3, -0.25) is 4.79 Å². The number of fused-ring (bicyclic) bond motifs is 1. The van der Waals surface area contributed by atoms with Gasteiger partial charge in [-0.25, -0.2) is 0 Å². The molecule has 0 radical (unpaired) electrons. The number of ether oxygens (including phenoxy) is 1. The number of esters is 1. The molecule has 0 aromatic rings. The van der Waals surface area contributed by atoms with E-state index in [2.05, 4.69) is 0 Å². The quantitative estimate of drug-likeness (QED) is 0.425. The highest BCUT2D eigenvalue weighted by Gasteiger charge is 2.49. The fourth-order valence-corrected chi connectivity index (χ4v) is 2.11. The van der Waals surface area contributed by atoms with Crippen LogP contribution in [-0.2, 0) is 14.3 Å². The van der Waals surface area contributed by atoms with Gasteiger partial charge in [0.1, 0.15) is 12.4 Å². The lowest BCUT2D eigenvalue weighted by Crippen LogP contribution is -2.21. The number of carbonyl (C=O) groups is 2. The molecule has 1 saturated heterocycles. The van der Waals surface area contributed by atoms with E-state index in [4.69, 9.17) is 4.74 Å². The number of rotatable bonds is 1. The first-order valence-corrected chi connectivity index (χ1v) is 4.05. The number of aliphatic hydroxyl groups excluding tert-OH is 1. The van der Waals surface area contributed by atoms with Crippen LogP contribution in [0.15, 0.2) is 0 Å². The van der Waals surface area contributed by atoms with Gasteiger partial charge in [0.2, 0.25) is 0 Å². The Morgan fingerprint density at radius 2 is 2.33 bits per heavy atom. The molecule has 0 aromatic carbocycles. The molecule has 1 unspecified atom stereocenters. The maximum Gasteiger partial charge on any atom is 0.306 e. The lowest BCUT2D eigenvalue weighted by atomic mass is 9.94. The largest absolute Gasteiger partial charge is 0.462 e. The highest BCUT2D eigenvalue weighted by Crippen LogP contribution is 2.40. The van der Waals surface area contributed by atoms with Crippen molar-refractivity contribution in [3.63, 3.8) is 0 Å². The zero-order chi connectivity index (χ0) is 8.72. The summed E-state index contributed by atoms with van der Waals surface area (Å²) in [5.41, 5.74) is 0. The molecule has 0 spiro atoms. The molecule has 1 saturated carbocycles. The maximum atomic E-state index is 10.8. The standard InChI is InChI=1S/C8H10O4/c9-3-5-4-1-8(11)12-7(4)2-6(5)10/h3-7,10H,1-2H2/t4-,5?,6-,7+/m1/s1. The van der Waals surface area contributed by atoms with Crippen molar-refractivity contribution in [3.8, 4) is 0 Å². The number of aliphatic hydroxyl groups is 1. The molecule has 2 aliphatic rings. The fraction of sp³-hybridized carbons (Fsp3) is 0.750. The second-order valence-electron chi connectivity index (χ2n) is 3.41. The number of hydrogen-bond donors (Lipinski definition) is 1. The highest BCUT2D eigenvalue weighted by molar-refractivity contribution is 5.74. The normalized spacial score (nSPS) is 45.6. The summed E-state index contributed by atoms with van der Waals surface area (Å²) < 4.78 is 4.93. The Kier molecular flexibility index (Phi) is 1.65. The zero-order valence-electron chi connectivity index (χ0n) is 6.47. The molecule has 0 bridgehead atoms. The van der Waals surface area contributed by atoms with Crippen LogP contribution in [0.5, 0.6) is 0 Å². The van der Waals surface area contributed by atoms with E-state index in [1.807, 2.05) is 0 Å². The Hall–Kier alpha value is -0.900. The molecule has 0 amide bonds. The Morgan fingerprint density at radius 1 is 1.58 bits per heavy atom. The van der Waals surface area contributed by atoms with Crippen molar-refractivity contribution >= 4 is 12.3 Å². The Bertz CT molecular complexity index is 225. The van der Waals surface area contributed by atoms with Crippen LogP contribution >= 0.6 is 0 Å². The molecular formula is C8H10O4. The molecular weight excluding hydrogens is 160 g/mol. The first-order valence-electron chi connectivity index (χ1n) is 4.05. The fourth-order valence-electron chi connectivity index (χ4n) is 2.11. The zero-order valence-corrected chi connectivity index (χ0v) is 6.47. The van der Waals surface area contributed by atoms with Crippen LogP contribution in [0.4, 0.5) is 0 Å². The average molecular weight is 170 g/mol. The van der Waals surface area contributed by atoms with Gasteiger partial charge in [0, 0.05) is 18.3 Å². The molecule has 0 aromatic heterocycles. The van der Waals surface area contributed by atoms with Crippen LogP contribution in [0.3, 0.4) is 0 Å². The third-order valence-corrected chi connectivity index (χ3v) is 2.73. The predicted molar refractivity (Wildman–Crippen MR) is 38.2 cm³/mol. The van der Waals surface area contributed by atoms with Gasteiger partial charge in [-0.1, -0.05) is 0 Å². The van der Waals surface area contributed by atoms with Crippen molar-refractivity contribution in [1.29, 1.82) is 0 Å². The molecule has 1 aliphatic heterocycles. The summed E-state index contributed by atoms with van der Waals surface area (Å²) in [5, 5.41) is 9.36. The summed E-state index contributed by atoms with van der Waals surface area (Å²) in [6.45, 7) is 0. The summed E-state index contributed by atoms with van der Waals surface area (Å²) in [7, 11) is 0. The molecule has 1 heterocycles. The molecule has 1 N–H and O–H groups in total. The minimum absolute atomic E-state index is 0.0787. The van der Waals surface area contributed by atoms with Gasteiger partial charge in [-0.15, -0.1) is 0 Å². The van der Waals surface area contributed by atoms with E-state index < -0.39 is 12.0 Å². The van der Waals surface area contributed by atoms with E-state index in [1.54, 1.807) is 0 Å². The summed E-state index contributed by atoms with van der Waals surface area (Å²) >= 11 is 0. The first-order chi connectivity index (χ1) is 5.72. The lowest BCUT2D eigenvalue weighted by molar-refractivity contribution is -0.141. The van der Waals surface area contributed by atoms with Crippen LogP contribution in [0.25, 0.3) is 0 Å². The Balaban J connectivity index is 2.16. The smallest absolute Gasteiger partial charge is 0.306 e. The molecule has 1 aliphatic carbocycles. The van der Waals surface area contributed by atoms with Crippen molar-refractivity contribution < 1.29 is 19.4 Å². The van der Waals surface area contributed by atoms with Gasteiger partial charge in [0.25, 0.3) is 0 Å². The maximum absolute atomic E-state index is 10.8. The van der Waals surface area contributed by atoms with Gasteiger partial charge in [0.05, 0.1) is 12.5 Å². The van der Waals surface area contributed by atoms with Crippen LogP contribution in [0.1, 0.15) is 12.8 Å². The third-order valence-electron chi connectivity index (χ3n) is 2.73. The molecule has 4 nitrogen and oxygen atoms in total. The van der Waals surface area contributed by atoms with E-state index in [9.17, 15) is 14.7 Å². The van der Waals surface area contributed by atoms with Crippen molar-refractivity contribution in [3.05, 3.63) is 0 Å². The van der Waals surface area contributed by atoms with Crippen molar-refractivity contribution in [2.75, 3.05) is 0 Å². The topological polar surface area (TPSA) is 63.6 Å². The summed E-state index contributed by atoms with van der Waals surface area (Å²) in [4.78, 5) is 21.3. The molecule has 12 heavy (non-hydrogen) atoms. The third kappa shape index (κ3) is 0.948. The first kappa shape index (κ1) is 7.73. The van der Waals surface area contributed by atoms with Crippen LogP contribution < -0.4 is 0 Å². The molecule has 2 fully saturated rings. The molecule has 4 heteroatoms. The van der Waals surface area contributed by atoms with E-state index in [-0.39, 0.29) is 24.4 Å². The summed E-state index contributed by atoms with van der Waals surface area (Å²) in [6.07, 6.45) is 0.593. The van der Waals surface area contributed by atoms with Crippen LogP contribution in [-0.4, -0.2) is 29.6 Å². The van der Waals surface area contributed by atoms with Gasteiger partial charge >= 0.3 is 5.97 Å². The summed E-state index contributed by atoms with van der Waals surface area (Å²) in [5.74, 6) is -0.727. The van der Waals surface area contributed by atoms with E-state index in [1.165, 1.54) is 0 Å². The van der Waals surface area contributed by atoms with Crippen molar-refractivity contribution in [1.82, 2.24) is 0 Å². The van der Waals surface area contributed by atoms with Gasteiger partial charge in [0.15, 0.2) is 0 Å². The number of aldehydes is 1. The second kappa shape index (κ2) is 2.55. The number of carbonyl (C=O) groups excluding carboxylic acids is 2. The van der Waals surface area contributed by atoms with Crippen LogP contribution in [0, 0.1) is 11.8 Å². The van der Waals surface area contributed by atoms with Gasteiger partial charge in [-0.2, -0.15) is 0 Å². The summed E-state index contributed by atoms with van der Waals surface area (Å²) in [6, 6.07) is 0. The molecule has 4 atom stereocenters. The van der Waals surface area contributed by atoms with Crippen molar-refractivity contribution in [2.45, 2.75) is 25.0 Å². The monoisotopic (exact) mass is 170 g/mol. The average Bonchev–Trinajstić information content (AvgIpc) is 2.43. The van der Waals surface area contributed by atoms with Gasteiger partial charge in [-0.05, 0) is 0 Å². The van der Waals surface area contributed by atoms with E-state index in [0.29, 0.717) is 6.42 Å². The van der Waals surface area contributed by atoms with Gasteiger partial charge < -0.3 is 14.6 Å². The minimum Gasteiger partial charge on any atom is -0.462 e. The predicted octanol–water partition coefficient (Wildman–Crippen LogP) is -0.502. The SMILES string of the molecule is O=CC1[C@H](O)C[C@@H]2OC(=O)C[C@H]12.